The van der Waals surface area contributed by atoms with Gasteiger partial charge in [0.25, 0.3) is 0 Å². The van der Waals surface area contributed by atoms with Crippen LogP contribution in [0.1, 0.15) is 26.5 Å². The van der Waals surface area contributed by atoms with Crippen LogP contribution in [0.2, 0.25) is 0 Å². The highest BCUT2D eigenvalue weighted by Crippen LogP contribution is 2.15. The Kier molecular flexibility index (Phi) is 5.52. The van der Waals surface area contributed by atoms with Gasteiger partial charge in [-0.25, -0.2) is 0 Å². The van der Waals surface area contributed by atoms with Crippen molar-refractivity contribution in [1.29, 1.82) is 0 Å². The molecule has 0 aromatic carbocycles. The summed E-state index contributed by atoms with van der Waals surface area (Å²) in [5.41, 5.74) is 0.759. The summed E-state index contributed by atoms with van der Waals surface area (Å²) in [6, 6.07) is 0. The summed E-state index contributed by atoms with van der Waals surface area (Å²) in [5.74, 6) is 0. The Morgan fingerprint density at radius 1 is 1.30 bits per heavy atom. The van der Waals surface area contributed by atoms with Crippen LogP contribution in [0.25, 0.3) is 0 Å². The van der Waals surface area contributed by atoms with Gasteiger partial charge in [0.15, 0.2) is 0 Å². The van der Waals surface area contributed by atoms with E-state index >= 15 is 0 Å². The number of hydrogen-bond donors (Lipinski definition) is 1. The summed E-state index contributed by atoms with van der Waals surface area (Å²) in [6.45, 7) is 6.46. The molecule has 1 heterocycles. The number of alkyl halides is 3. The molecule has 5 nitrogen and oxygen atoms in total. The van der Waals surface area contributed by atoms with Crippen molar-refractivity contribution in [3.8, 4) is 0 Å². The molecule has 1 rings (SSSR count). The monoisotopic (exact) mass is 293 g/mol. The largest absolute Gasteiger partial charge is 0.401 e. The average molecular weight is 293 g/mol. The number of likely N-dealkylation sites (N-methyl/N-ethyl adjacent to an activating group) is 1. The van der Waals surface area contributed by atoms with E-state index in [0.29, 0.717) is 13.1 Å². The van der Waals surface area contributed by atoms with Crippen molar-refractivity contribution in [2.24, 2.45) is 0 Å². The van der Waals surface area contributed by atoms with Crippen molar-refractivity contribution in [2.45, 2.75) is 45.6 Å². The van der Waals surface area contributed by atoms with Crippen molar-refractivity contribution in [1.82, 2.24) is 25.2 Å². The lowest BCUT2D eigenvalue weighted by Crippen LogP contribution is -2.35. The first-order valence-electron chi connectivity index (χ1n) is 6.44. The van der Waals surface area contributed by atoms with Gasteiger partial charge < -0.3 is 5.32 Å². The van der Waals surface area contributed by atoms with Gasteiger partial charge in [0, 0.05) is 24.8 Å². The van der Waals surface area contributed by atoms with Crippen LogP contribution in [0.3, 0.4) is 0 Å². The van der Waals surface area contributed by atoms with Crippen LogP contribution in [0, 0.1) is 0 Å². The zero-order chi connectivity index (χ0) is 15.4. The molecule has 0 aliphatic heterocycles. The maximum absolute atomic E-state index is 12.2. The number of halogens is 3. The highest BCUT2D eigenvalue weighted by Gasteiger charge is 2.28. The zero-order valence-electron chi connectivity index (χ0n) is 12.3. The third kappa shape index (κ3) is 7.44. The van der Waals surface area contributed by atoms with E-state index < -0.39 is 12.7 Å². The second-order valence-electron chi connectivity index (χ2n) is 5.93. The van der Waals surface area contributed by atoms with Gasteiger partial charge in [0.2, 0.25) is 0 Å². The molecule has 0 radical (unpaired) electrons. The standard InChI is InChI=1S/C12H22F3N5/c1-11(2,3)16-7-10-8-20(18-17-10)6-5-19(4)9-12(13,14)15/h8,16H,5-7,9H2,1-4H3. The van der Waals surface area contributed by atoms with E-state index in [1.54, 1.807) is 10.9 Å². The fourth-order valence-electron chi connectivity index (χ4n) is 1.54. The molecule has 0 bridgehead atoms. The van der Waals surface area contributed by atoms with Gasteiger partial charge in [-0.05, 0) is 27.8 Å². The molecule has 0 aliphatic rings. The van der Waals surface area contributed by atoms with E-state index in [1.165, 1.54) is 11.9 Å². The SMILES string of the molecule is CN(CCn1cc(CNC(C)(C)C)nn1)CC(F)(F)F. The molecule has 116 valence electrons. The van der Waals surface area contributed by atoms with Crippen LogP contribution in [-0.2, 0) is 13.1 Å². The van der Waals surface area contributed by atoms with Gasteiger partial charge in [-0.2, -0.15) is 13.2 Å². The van der Waals surface area contributed by atoms with Crippen LogP contribution < -0.4 is 5.32 Å². The van der Waals surface area contributed by atoms with Gasteiger partial charge in [-0.1, -0.05) is 5.21 Å². The summed E-state index contributed by atoms with van der Waals surface area (Å²) < 4.78 is 38.1. The average Bonchev–Trinajstić information content (AvgIpc) is 2.68. The Balaban J connectivity index is 2.37. The van der Waals surface area contributed by atoms with Crippen molar-refractivity contribution < 1.29 is 13.2 Å². The summed E-state index contributed by atoms with van der Waals surface area (Å²) in [7, 11) is 1.44. The number of rotatable bonds is 6. The van der Waals surface area contributed by atoms with Crippen molar-refractivity contribution in [2.75, 3.05) is 20.1 Å². The first-order valence-corrected chi connectivity index (χ1v) is 6.44. The van der Waals surface area contributed by atoms with E-state index in [1.807, 2.05) is 20.8 Å². The fraction of sp³-hybridized carbons (Fsp3) is 0.833. The topological polar surface area (TPSA) is 46.0 Å². The van der Waals surface area contributed by atoms with E-state index in [2.05, 4.69) is 15.6 Å². The predicted octanol–water partition coefficient (Wildman–Crippen LogP) is 1.66. The van der Waals surface area contributed by atoms with Gasteiger partial charge in [-0.3, -0.25) is 9.58 Å². The zero-order valence-corrected chi connectivity index (χ0v) is 12.3. The van der Waals surface area contributed by atoms with Crippen LogP contribution in [0.4, 0.5) is 13.2 Å². The molecule has 0 aliphatic carbocycles. The molecule has 1 aromatic rings. The molecular formula is C12H22F3N5. The minimum Gasteiger partial charge on any atom is -0.306 e. The Morgan fingerprint density at radius 3 is 2.50 bits per heavy atom. The lowest BCUT2D eigenvalue weighted by molar-refractivity contribution is -0.143. The molecule has 0 amide bonds. The normalized spacial score (nSPS) is 13.2. The molecule has 1 aromatic heterocycles. The third-order valence-electron chi connectivity index (χ3n) is 2.55. The number of hydrogen-bond acceptors (Lipinski definition) is 4. The van der Waals surface area contributed by atoms with Crippen LogP contribution in [-0.4, -0.2) is 51.7 Å². The minimum absolute atomic E-state index is 0.0172. The second-order valence-corrected chi connectivity index (χ2v) is 5.93. The maximum atomic E-state index is 12.2. The lowest BCUT2D eigenvalue weighted by Gasteiger charge is -2.19. The van der Waals surface area contributed by atoms with Crippen LogP contribution >= 0.6 is 0 Å². The van der Waals surface area contributed by atoms with Gasteiger partial charge >= 0.3 is 6.18 Å². The highest BCUT2D eigenvalue weighted by molar-refractivity contribution is 4.93. The Morgan fingerprint density at radius 2 is 1.95 bits per heavy atom. The number of nitrogens with one attached hydrogen (secondary N) is 1. The quantitative estimate of drug-likeness (QED) is 0.866. The fourth-order valence-corrected chi connectivity index (χ4v) is 1.54. The van der Waals surface area contributed by atoms with Gasteiger partial charge in [0.1, 0.15) is 0 Å². The lowest BCUT2D eigenvalue weighted by atomic mass is 10.1. The minimum atomic E-state index is -4.17. The molecule has 0 unspecified atom stereocenters. The molecule has 0 atom stereocenters. The molecule has 0 saturated heterocycles. The third-order valence-corrected chi connectivity index (χ3v) is 2.55. The molecule has 20 heavy (non-hydrogen) atoms. The van der Waals surface area contributed by atoms with Gasteiger partial charge in [0.05, 0.1) is 18.8 Å². The van der Waals surface area contributed by atoms with E-state index in [4.69, 9.17) is 0 Å². The van der Waals surface area contributed by atoms with E-state index in [0.717, 1.165) is 5.69 Å². The summed E-state index contributed by atoms with van der Waals surface area (Å²) in [6.07, 6.45) is -2.42. The maximum Gasteiger partial charge on any atom is 0.401 e. The molecule has 1 N–H and O–H groups in total. The Labute approximate surface area is 117 Å². The number of aromatic nitrogens is 3. The molecule has 0 fully saturated rings. The molecular weight excluding hydrogens is 271 g/mol. The van der Waals surface area contributed by atoms with E-state index in [-0.39, 0.29) is 12.1 Å². The van der Waals surface area contributed by atoms with Crippen molar-refractivity contribution in [3.05, 3.63) is 11.9 Å². The Hall–Kier alpha value is -1.15. The van der Waals surface area contributed by atoms with Crippen molar-refractivity contribution in [3.63, 3.8) is 0 Å². The summed E-state index contributed by atoms with van der Waals surface area (Å²) in [5, 5.41) is 11.2. The van der Waals surface area contributed by atoms with Crippen molar-refractivity contribution >= 4 is 0 Å². The predicted molar refractivity (Wildman–Crippen MR) is 70.2 cm³/mol. The first-order chi connectivity index (χ1) is 9.05. The van der Waals surface area contributed by atoms with Crippen LogP contribution in [0.15, 0.2) is 6.20 Å². The number of nitrogens with zero attached hydrogens (tertiary/aromatic N) is 4. The smallest absolute Gasteiger partial charge is 0.306 e. The highest BCUT2D eigenvalue weighted by atomic mass is 19.4. The second kappa shape index (κ2) is 6.53. The van der Waals surface area contributed by atoms with E-state index in [9.17, 15) is 13.2 Å². The summed E-state index contributed by atoms with van der Waals surface area (Å²) in [4.78, 5) is 1.22. The van der Waals surface area contributed by atoms with Crippen LogP contribution in [0.5, 0.6) is 0 Å². The summed E-state index contributed by atoms with van der Waals surface area (Å²) >= 11 is 0. The van der Waals surface area contributed by atoms with Gasteiger partial charge in [-0.15, -0.1) is 5.10 Å². The Bertz CT molecular complexity index is 408. The first kappa shape index (κ1) is 16.9. The molecule has 0 saturated carbocycles. The molecule has 0 spiro atoms. The molecule has 8 heteroatoms.